The molecule has 0 fully saturated rings. The first kappa shape index (κ1) is 21.3. The van der Waals surface area contributed by atoms with E-state index < -0.39 is 16.1 Å². The van der Waals surface area contributed by atoms with E-state index >= 15 is 0 Å². The highest BCUT2D eigenvalue weighted by atomic mass is 35.5. The van der Waals surface area contributed by atoms with Crippen molar-refractivity contribution in [3.63, 3.8) is 0 Å². The summed E-state index contributed by atoms with van der Waals surface area (Å²) >= 11 is 5.98. The summed E-state index contributed by atoms with van der Waals surface area (Å²) in [6.45, 7) is 0.343. The topological polar surface area (TPSA) is 84.9 Å². The van der Waals surface area contributed by atoms with Crippen LogP contribution < -0.4 is 19.1 Å². The highest BCUT2D eigenvalue weighted by Gasteiger charge is 2.35. The van der Waals surface area contributed by atoms with Gasteiger partial charge in [-0.05, 0) is 48.7 Å². The molecule has 1 aliphatic rings. The fourth-order valence-corrected chi connectivity index (χ4v) is 4.19. The minimum Gasteiger partial charge on any atom is -0.497 e. The van der Waals surface area contributed by atoms with E-state index in [0.717, 1.165) is 34.7 Å². The first-order valence-corrected chi connectivity index (χ1v) is 11.3. The molecule has 156 valence electrons. The molecule has 0 aliphatic carbocycles. The Morgan fingerprint density at radius 2 is 2.10 bits per heavy atom. The van der Waals surface area contributed by atoms with Crippen LogP contribution in [0.3, 0.4) is 0 Å². The first-order valence-electron chi connectivity index (χ1n) is 9.12. The normalized spacial score (nSPS) is 16.0. The summed E-state index contributed by atoms with van der Waals surface area (Å²) in [5.41, 5.74) is 1.45. The zero-order chi connectivity index (χ0) is 21.0. The Kier molecular flexibility index (Phi) is 6.54. The summed E-state index contributed by atoms with van der Waals surface area (Å²) in [7, 11) is -1.97. The molecule has 1 heterocycles. The quantitative estimate of drug-likeness (QED) is 0.672. The highest BCUT2D eigenvalue weighted by Crippen LogP contribution is 2.37. The van der Waals surface area contributed by atoms with Crippen LogP contribution in [-0.4, -0.2) is 46.9 Å². The zero-order valence-electron chi connectivity index (χ0n) is 16.2. The van der Waals surface area contributed by atoms with E-state index in [9.17, 15) is 13.2 Å². The van der Waals surface area contributed by atoms with Gasteiger partial charge in [-0.1, -0.05) is 23.7 Å². The van der Waals surface area contributed by atoms with Crippen molar-refractivity contribution in [3.8, 4) is 11.5 Å². The van der Waals surface area contributed by atoms with Gasteiger partial charge in [0, 0.05) is 11.6 Å². The fourth-order valence-electron chi connectivity index (χ4n) is 3.12. The van der Waals surface area contributed by atoms with Gasteiger partial charge in [-0.15, -0.1) is 0 Å². The molecular formula is C20H23ClN2O5S. The van der Waals surface area contributed by atoms with E-state index in [-0.39, 0.29) is 12.5 Å². The molecule has 0 unspecified atom stereocenters. The van der Waals surface area contributed by atoms with Crippen molar-refractivity contribution in [2.45, 2.75) is 18.9 Å². The number of carbonyl (C=O) groups excluding carboxylic acids is 1. The molecule has 9 heteroatoms. The van der Waals surface area contributed by atoms with Gasteiger partial charge in [-0.2, -0.15) is 0 Å². The third-order valence-corrected chi connectivity index (χ3v) is 5.94. The maximum absolute atomic E-state index is 12.6. The Hall–Kier alpha value is -2.45. The number of hydrogen-bond acceptors (Lipinski definition) is 5. The molecule has 3 rings (SSSR count). The molecule has 29 heavy (non-hydrogen) atoms. The van der Waals surface area contributed by atoms with Crippen molar-refractivity contribution in [2.24, 2.45) is 0 Å². The highest BCUT2D eigenvalue weighted by molar-refractivity contribution is 7.92. The van der Waals surface area contributed by atoms with E-state index in [4.69, 9.17) is 21.1 Å². The SMILES string of the molecule is COc1cccc(CCCNC(=O)[C@@H]2CN(S(C)(=O)=O)c3cc(Cl)ccc3O2)c1. The molecular weight excluding hydrogens is 416 g/mol. The molecule has 0 bridgehead atoms. The molecule has 0 aromatic heterocycles. The average Bonchev–Trinajstić information content (AvgIpc) is 2.69. The smallest absolute Gasteiger partial charge is 0.263 e. The summed E-state index contributed by atoms with van der Waals surface area (Å²) in [6.07, 6.45) is 1.66. The Balaban J connectivity index is 1.60. The number of ether oxygens (including phenoxy) is 2. The lowest BCUT2D eigenvalue weighted by Gasteiger charge is -2.34. The van der Waals surface area contributed by atoms with Crippen LogP contribution in [0.4, 0.5) is 5.69 Å². The maximum atomic E-state index is 12.6. The number of nitrogens with zero attached hydrogens (tertiary/aromatic N) is 1. The number of methoxy groups -OCH3 is 1. The van der Waals surface area contributed by atoms with Crippen LogP contribution in [0.25, 0.3) is 0 Å². The average molecular weight is 439 g/mol. The van der Waals surface area contributed by atoms with E-state index in [1.165, 1.54) is 6.07 Å². The van der Waals surface area contributed by atoms with Crippen LogP contribution in [0.2, 0.25) is 5.02 Å². The summed E-state index contributed by atoms with van der Waals surface area (Å²) in [5, 5.41) is 3.21. The molecule has 0 saturated heterocycles. The van der Waals surface area contributed by atoms with Gasteiger partial charge in [0.1, 0.15) is 11.5 Å². The van der Waals surface area contributed by atoms with E-state index in [1.54, 1.807) is 19.2 Å². The molecule has 0 radical (unpaired) electrons. The third-order valence-electron chi connectivity index (χ3n) is 4.56. The van der Waals surface area contributed by atoms with Gasteiger partial charge < -0.3 is 14.8 Å². The molecule has 0 spiro atoms. The number of aryl methyl sites for hydroxylation is 1. The largest absolute Gasteiger partial charge is 0.497 e. The molecule has 1 aliphatic heterocycles. The summed E-state index contributed by atoms with van der Waals surface area (Å²) < 4.78 is 36.4. The van der Waals surface area contributed by atoms with Crippen LogP contribution in [0, 0.1) is 0 Å². The second kappa shape index (κ2) is 8.92. The van der Waals surface area contributed by atoms with Crippen molar-refractivity contribution in [3.05, 3.63) is 53.1 Å². The van der Waals surface area contributed by atoms with Crippen molar-refractivity contribution in [2.75, 3.05) is 30.8 Å². The predicted octanol–water partition coefficient (Wildman–Crippen LogP) is 2.62. The van der Waals surface area contributed by atoms with Gasteiger partial charge in [-0.3, -0.25) is 9.10 Å². The zero-order valence-corrected chi connectivity index (χ0v) is 17.8. The number of rotatable bonds is 7. The Morgan fingerprint density at radius 3 is 2.83 bits per heavy atom. The second-order valence-electron chi connectivity index (χ2n) is 6.76. The summed E-state index contributed by atoms with van der Waals surface area (Å²) in [4.78, 5) is 12.6. The minimum atomic E-state index is -3.59. The Bertz CT molecular complexity index is 996. The van der Waals surface area contributed by atoms with Crippen molar-refractivity contribution in [1.82, 2.24) is 5.32 Å². The summed E-state index contributed by atoms with van der Waals surface area (Å²) in [6, 6.07) is 12.4. The number of carbonyl (C=O) groups is 1. The fraction of sp³-hybridized carbons (Fsp3) is 0.350. The molecule has 1 N–H and O–H groups in total. The molecule has 1 atom stereocenters. The van der Waals surface area contributed by atoms with Gasteiger partial charge in [0.25, 0.3) is 5.91 Å². The number of hydrogen-bond donors (Lipinski definition) is 1. The molecule has 2 aromatic carbocycles. The lowest BCUT2D eigenvalue weighted by Crippen LogP contribution is -2.50. The summed E-state index contributed by atoms with van der Waals surface area (Å²) in [5.74, 6) is 0.745. The lowest BCUT2D eigenvalue weighted by atomic mass is 10.1. The number of anilines is 1. The number of halogens is 1. The molecule has 7 nitrogen and oxygen atoms in total. The van der Waals surface area contributed by atoms with Gasteiger partial charge in [0.2, 0.25) is 10.0 Å². The van der Waals surface area contributed by atoms with Gasteiger partial charge >= 0.3 is 0 Å². The number of nitrogens with one attached hydrogen (secondary N) is 1. The Labute approximate surface area is 175 Å². The van der Waals surface area contributed by atoms with Crippen molar-refractivity contribution < 1.29 is 22.7 Å². The first-order chi connectivity index (χ1) is 13.8. The Morgan fingerprint density at radius 1 is 1.31 bits per heavy atom. The van der Waals surface area contributed by atoms with E-state index in [0.29, 0.717) is 23.0 Å². The maximum Gasteiger partial charge on any atom is 0.263 e. The van der Waals surface area contributed by atoms with Crippen LogP contribution in [-0.2, 0) is 21.2 Å². The van der Waals surface area contributed by atoms with Gasteiger partial charge in [0.15, 0.2) is 6.10 Å². The number of fused-ring (bicyclic) bond motifs is 1. The van der Waals surface area contributed by atoms with Crippen LogP contribution in [0.15, 0.2) is 42.5 Å². The van der Waals surface area contributed by atoms with Crippen LogP contribution >= 0.6 is 11.6 Å². The number of amides is 1. The van der Waals surface area contributed by atoms with Crippen LogP contribution in [0.5, 0.6) is 11.5 Å². The lowest BCUT2D eigenvalue weighted by molar-refractivity contribution is -0.127. The monoisotopic (exact) mass is 438 g/mol. The van der Waals surface area contributed by atoms with E-state index in [2.05, 4.69) is 5.32 Å². The number of sulfonamides is 1. The standard InChI is InChI=1S/C20H23ClN2O5S/c1-27-16-7-3-5-14(11-16)6-4-10-22-20(24)19-13-23(29(2,25)26)17-12-15(21)8-9-18(17)28-19/h3,5,7-9,11-12,19H,4,6,10,13H2,1-2H3,(H,22,24)/t19-/m0/s1. The molecule has 1 amide bonds. The number of benzene rings is 2. The van der Waals surface area contributed by atoms with Crippen molar-refractivity contribution >= 4 is 33.2 Å². The van der Waals surface area contributed by atoms with E-state index in [1.807, 2.05) is 24.3 Å². The molecule has 0 saturated carbocycles. The van der Waals surface area contributed by atoms with Gasteiger partial charge in [-0.25, -0.2) is 8.42 Å². The predicted molar refractivity (Wildman–Crippen MR) is 112 cm³/mol. The second-order valence-corrected chi connectivity index (χ2v) is 9.10. The van der Waals surface area contributed by atoms with Crippen LogP contribution in [0.1, 0.15) is 12.0 Å². The minimum absolute atomic E-state index is 0.103. The van der Waals surface area contributed by atoms with Gasteiger partial charge in [0.05, 0.1) is 25.6 Å². The molecule has 2 aromatic rings. The third kappa shape index (κ3) is 5.33. The van der Waals surface area contributed by atoms with Crippen molar-refractivity contribution in [1.29, 1.82) is 0 Å².